The number of nitrogens with zero attached hydrogens (tertiary/aromatic N) is 6. The highest BCUT2D eigenvalue weighted by Gasteiger charge is 2.21. The fourth-order valence-electron chi connectivity index (χ4n) is 3.72. The van der Waals surface area contributed by atoms with Crippen LogP contribution in [0, 0.1) is 0 Å². The number of aliphatic imine (C=N–C) groups is 1. The molecule has 1 fully saturated rings. The molecule has 0 aliphatic carbocycles. The lowest BCUT2D eigenvalue weighted by Crippen LogP contribution is -2.47. The van der Waals surface area contributed by atoms with Gasteiger partial charge in [-0.1, -0.05) is 24.3 Å². The Bertz CT molecular complexity index is 1130. The van der Waals surface area contributed by atoms with Gasteiger partial charge in [-0.25, -0.2) is 0 Å². The summed E-state index contributed by atoms with van der Waals surface area (Å²) in [7, 11) is 0. The molecule has 170 valence electrons. The Morgan fingerprint density at radius 1 is 1.00 bits per heavy atom. The van der Waals surface area contributed by atoms with Crippen LogP contribution in [-0.4, -0.2) is 76.7 Å². The fraction of sp³-hybridized carbons (Fsp3) is 0.304. The summed E-state index contributed by atoms with van der Waals surface area (Å²) in [5, 5.41) is 15.2. The Balaban J connectivity index is 1.37. The van der Waals surface area contributed by atoms with E-state index in [1.165, 1.54) is 22.2 Å². The zero-order valence-corrected chi connectivity index (χ0v) is 19.7. The van der Waals surface area contributed by atoms with Crippen LogP contribution < -0.4 is 10.2 Å². The third kappa shape index (κ3) is 5.59. The van der Waals surface area contributed by atoms with Gasteiger partial charge in [0.1, 0.15) is 5.84 Å². The summed E-state index contributed by atoms with van der Waals surface area (Å²) < 4.78 is 0. The first-order valence-corrected chi connectivity index (χ1v) is 12.6. The Hall–Kier alpha value is -2.79. The molecule has 2 N–H and O–H groups in total. The maximum atomic E-state index is 9.21. The molecule has 0 unspecified atom stereocenters. The van der Waals surface area contributed by atoms with Crippen molar-refractivity contribution in [1.82, 2.24) is 19.9 Å². The molecule has 0 saturated carbocycles. The topological polar surface area (TPSA) is 89.8 Å². The van der Waals surface area contributed by atoms with Gasteiger partial charge in [0.25, 0.3) is 0 Å². The summed E-state index contributed by atoms with van der Waals surface area (Å²) in [6.45, 7) is 4.89. The summed E-state index contributed by atoms with van der Waals surface area (Å²) >= 11 is 3.24. The predicted molar refractivity (Wildman–Crippen MR) is 134 cm³/mol. The van der Waals surface area contributed by atoms with E-state index in [0.29, 0.717) is 30.1 Å². The normalized spacial score (nSPS) is 16.6. The Labute approximate surface area is 201 Å². The molecule has 0 spiro atoms. The molecule has 5 rings (SSSR count). The second-order valence-electron chi connectivity index (χ2n) is 7.68. The van der Waals surface area contributed by atoms with E-state index in [0.717, 1.165) is 36.9 Å². The van der Waals surface area contributed by atoms with Gasteiger partial charge in [0.05, 0.1) is 13.2 Å². The van der Waals surface area contributed by atoms with Crippen LogP contribution in [0.1, 0.15) is 4.88 Å². The number of anilines is 2. The average Bonchev–Trinajstić information content (AvgIpc) is 3.53. The lowest BCUT2D eigenvalue weighted by molar-refractivity contribution is 0.188. The van der Waals surface area contributed by atoms with E-state index in [1.54, 1.807) is 11.3 Å². The van der Waals surface area contributed by atoms with Gasteiger partial charge in [0.2, 0.25) is 11.9 Å². The van der Waals surface area contributed by atoms with E-state index >= 15 is 0 Å². The number of nitrogens with one attached hydrogen (secondary N) is 1. The van der Waals surface area contributed by atoms with Gasteiger partial charge < -0.3 is 15.3 Å². The molecule has 2 aliphatic heterocycles. The molecule has 0 atom stereocenters. The minimum Gasteiger partial charge on any atom is -0.395 e. The number of piperazine rings is 1. The first-order chi connectivity index (χ1) is 16.3. The third-order valence-corrected chi connectivity index (χ3v) is 7.25. The molecule has 2 aliphatic rings. The summed E-state index contributed by atoms with van der Waals surface area (Å²) in [4.78, 5) is 25.5. The first kappa shape index (κ1) is 22.0. The van der Waals surface area contributed by atoms with Crippen LogP contribution >= 0.6 is 23.1 Å². The second kappa shape index (κ2) is 10.4. The van der Waals surface area contributed by atoms with Crippen molar-refractivity contribution in [3.8, 4) is 0 Å². The van der Waals surface area contributed by atoms with E-state index in [2.05, 4.69) is 48.7 Å². The minimum absolute atomic E-state index is 0.181. The molecule has 2 aromatic heterocycles. The molecular formula is C23H25N7OS2. The highest BCUT2D eigenvalue weighted by atomic mass is 32.2. The molecule has 4 heterocycles. The maximum Gasteiger partial charge on any atom is 0.234 e. The number of aliphatic hydroxyl groups excluding tert-OH is 1. The highest BCUT2D eigenvalue weighted by Crippen LogP contribution is 2.28. The molecule has 0 radical (unpaired) electrons. The zero-order chi connectivity index (χ0) is 22.5. The summed E-state index contributed by atoms with van der Waals surface area (Å²) in [5.41, 5.74) is 1.20. The first-order valence-electron chi connectivity index (χ1n) is 10.9. The number of hydrogen-bond acceptors (Lipinski definition) is 10. The van der Waals surface area contributed by atoms with Crippen molar-refractivity contribution in [3.63, 3.8) is 0 Å². The monoisotopic (exact) mass is 479 g/mol. The second-order valence-corrected chi connectivity index (χ2v) is 9.67. The van der Waals surface area contributed by atoms with Crippen LogP contribution in [-0.2, 0) is 0 Å². The van der Waals surface area contributed by atoms with Gasteiger partial charge in [-0.3, -0.25) is 9.89 Å². The van der Waals surface area contributed by atoms with Crippen molar-refractivity contribution in [2.24, 2.45) is 4.99 Å². The van der Waals surface area contributed by atoms with Gasteiger partial charge >= 0.3 is 0 Å². The SMILES string of the molecule is OCCN1CCN(c2nc(NC3=NCC(c4cccs4)=C3)nc(Sc3ccccc3)n2)CC1. The summed E-state index contributed by atoms with van der Waals surface area (Å²) in [5.74, 6) is 1.92. The minimum atomic E-state index is 0.181. The van der Waals surface area contributed by atoms with Crippen LogP contribution in [0.2, 0.25) is 0 Å². The Kier molecular flexibility index (Phi) is 6.96. The van der Waals surface area contributed by atoms with Crippen LogP contribution in [0.3, 0.4) is 0 Å². The zero-order valence-electron chi connectivity index (χ0n) is 18.1. The number of thiophene rings is 1. The number of hydrogen-bond donors (Lipinski definition) is 2. The molecule has 8 nitrogen and oxygen atoms in total. The van der Waals surface area contributed by atoms with Crippen molar-refractivity contribution in [1.29, 1.82) is 0 Å². The maximum absolute atomic E-state index is 9.21. The van der Waals surface area contributed by atoms with Crippen molar-refractivity contribution >= 4 is 46.4 Å². The number of β-amino-alcohol motifs (C(OH)–C–C–N with tert-alkyl or cyclic N) is 1. The Morgan fingerprint density at radius 3 is 2.61 bits per heavy atom. The smallest absolute Gasteiger partial charge is 0.234 e. The van der Waals surface area contributed by atoms with E-state index in [1.807, 2.05) is 30.3 Å². The highest BCUT2D eigenvalue weighted by molar-refractivity contribution is 7.99. The molecule has 3 aromatic rings. The van der Waals surface area contributed by atoms with Crippen molar-refractivity contribution in [3.05, 3.63) is 58.8 Å². The van der Waals surface area contributed by atoms with E-state index < -0.39 is 0 Å². The van der Waals surface area contributed by atoms with Crippen LogP contribution in [0.25, 0.3) is 5.57 Å². The lowest BCUT2D eigenvalue weighted by atomic mass is 10.2. The van der Waals surface area contributed by atoms with E-state index in [9.17, 15) is 5.11 Å². The van der Waals surface area contributed by atoms with Gasteiger partial charge in [-0.05, 0) is 47.0 Å². The van der Waals surface area contributed by atoms with Gasteiger partial charge in [0.15, 0.2) is 5.16 Å². The predicted octanol–water partition coefficient (Wildman–Crippen LogP) is 3.11. The van der Waals surface area contributed by atoms with Crippen LogP contribution in [0.15, 0.2) is 69.0 Å². The number of aliphatic hydroxyl groups is 1. The standard InChI is InChI=1S/C23H25N7OS2/c31-13-12-29-8-10-30(11-9-29)22-26-21(27-23(28-22)33-18-5-2-1-3-6-18)25-20-15-17(16-24-20)19-7-4-14-32-19/h1-7,14-15,31H,8-13,16H2,(H,24,25,26,27,28). The number of aromatic nitrogens is 3. The molecular weight excluding hydrogens is 454 g/mol. The van der Waals surface area contributed by atoms with Crippen molar-refractivity contribution in [2.75, 3.05) is 56.1 Å². The van der Waals surface area contributed by atoms with Crippen LogP contribution in [0.5, 0.6) is 0 Å². The number of rotatable bonds is 7. The number of amidine groups is 1. The number of benzene rings is 1. The van der Waals surface area contributed by atoms with E-state index in [-0.39, 0.29) is 6.61 Å². The molecule has 1 aromatic carbocycles. The van der Waals surface area contributed by atoms with Crippen LogP contribution in [0.4, 0.5) is 11.9 Å². The molecule has 33 heavy (non-hydrogen) atoms. The van der Waals surface area contributed by atoms with Gasteiger partial charge in [-0.2, -0.15) is 15.0 Å². The quantitative estimate of drug-likeness (QED) is 0.534. The summed E-state index contributed by atoms with van der Waals surface area (Å²) in [6, 6.07) is 14.3. The summed E-state index contributed by atoms with van der Waals surface area (Å²) in [6.07, 6.45) is 2.06. The van der Waals surface area contributed by atoms with Gasteiger partial charge in [0, 0.05) is 42.5 Å². The third-order valence-electron chi connectivity index (χ3n) is 5.44. The average molecular weight is 480 g/mol. The lowest BCUT2D eigenvalue weighted by Gasteiger charge is -2.34. The fourth-order valence-corrected chi connectivity index (χ4v) is 5.22. The Morgan fingerprint density at radius 2 is 1.85 bits per heavy atom. The van der Waals surface area contributed by atoms with Crippen molar-refractivity contribution < 1.29 is 5.11 Å². The molecule has 1 saturated heterocycles. The van der Waals surface area contributed by atoms with E-state index in [4.69, 9.17) is 9.97 Å². The molecule has 10 heteroatoms. The van der Waals surface area contributed by atoms with Gasteiger partial charge in [-0.15, -0.1) is 11.3 Å². The van der Waals surface area contributed by atoms with Crippen molar-refractivity contribution in [2.45, 2.75) is 10.1 Å². The molecule has 0 bridgehead atoms. The molecule has 0 amide bonds. The largest absolute Gasteiger partial charge is 0.395 e.